The van der Waals surface area contributed by atoms with Crippen molar-refractivity contribution < 1.29 is 14.3 Å². The number of hydrogen-bond donors (Lipinski definition) is 2. The molecule has 20 heavy (non-hydrogen) atoms. The topological polar surface area (TPSA) is 67.4 Å². The van der Waals surface area contributed by atoms with Crippen LogP contribution in [0.2, 0.25) is 5.02 Å². The summed E-state index contributed by atoms with van der Waals surface area (Å²) < 4.78 is 5.46. The van der Waals surface area contributed by atoms with Gasteiger partial charge < -0.3 is 15.4 Å². The maximum atomic E-state index is 11.4. The molecular formula is C14H19ClN2O3. The van der Waals surface area contributed by atoms with Gasteiger partial charge in [-0.15, -0.1) is 0 Å². The maximum absolute atomic E-state index is 11.4. The Morgan fingerprint density at radius 3 is 2.50 bits per heavy atom. The molecule has 1 aromatic carbocycles. The summed E-state index contributed by atoms with van der Waals surface area (Å²) in [6.07, 6.45) is 0.914. The van der Waals surface area contributed by atoms with Crippen molar-refractivity contribution in [2.24, 2.45) is 0 Å². The van der Waals surface area contributed by atoms with Gasteiger partial charge in [-0.3, -0.25) is 9.59 Å². The lowest BCUT2D eigenvalue weighted by atomic mass is 10.3. The van der Waals surface area contributed by atoms with E-state index in [9.17, 15) is 9.59 Å². The van der Waals surface area contributed by atoms with E-state index in [0.29, 0.717) is 31.0 Å². The Hall–Kier alpha value is -1.75. The minimum atomic E-state index is -0.182. The van der Waals surface area contributed by atoms with E-state index in [2.05, 4.69) is 10.6 Å². The average molecular weight is 299 g/mol. The number of halogens is 1. The Morgan fingerprint density at radius 1 is 1.15 bits per heavy atom. The van der Waals surface area contributed by atoms with Gasteiger partial charge in [0.25, 0.3) is 0 Å². The third kappa shape index (κ3) is 6.99. The molecule has 0 aliphatic rings. The highest BCUT2D eigenvalue weighted by atomic mass is 35.5. The van der Waals surface area contributed by atoms with Crippen LogP contribution in [0.25, 0.3) is 0 Å². The first kappa shape index (κ1) is 16.3. The van der Waals surface area contributed by atoms with E-state index in [-0.39, 0.29) is 18.4 Å². The van der Waals surface area contributed by atoms with Crippen LogP contribution < -0.4 is 15.4 Å². The predicted molar refractivity (Wildman–Crippen MR) is 77.9 cm³/mol. The fourth-order valence-electron chi connectivity index (χ4n) is 1.48. The summed E-state index contributed by atoms with van der Waals surface area (Å²) in [4.78, 5) is 22.6. The molecule has 0 aromatic heterocycles. The highest BCUT2D eigenvalue weighted by Gasteiger charge is 2.04. The molecule has 0 radical (unpaired) electrons. The monoisotopic (exact) mass is 298 g/mol. The maximum Gasteiger partial charge on any atom is 0.239 e. The lowest BCUT2D eigenvalue weighted by Crippen LogP contribution is -2.36. The van der Waals surface area contributed by atoms with E-state index < -0.39 is 0 Å². The zero-order valence-electron chi connectivity index (χ0n) is 11.4. The third-order valence-electron chi connectivity index (χ3n) is 2.45. The van der Waals surface area contributed by atoms with Crippen LogP contribution in [0.1, 0.15) is 19.8 Å². The first-order valence-corrected chi connectivity index (χ1v) is 6.91. The van der Waals surface area contributed by atoms with Crippen molar-refractivity contribution in [3.8, 4) is 5.75 Å². The molecule has 0 fully saturated rings. The first-order chi connectivity index (χ1) is 9.61. The minimum absolute atomic E-state index is 0.0186. The average Bonchev–Trinajstić information content (AvgIpc) is 2.43. The highest BCUT2D eigenvalue weighted by molar-refractivity contribution is 6.30. The van der Waals surface area contributed by atoms with Crippen LogP contribution in [0, 0.1) is 0 Å². The van der Waals surface area contributed by atoms with Gasteiger partial charge in [0.2, 0.25) is 11.8 Å². The van der Waals surface area contributed by atoms with Gasteiger partial charge in [-0.2, -0.15) is 0 Å². The van der Waals surface area contributed by atoms with E-state index >= 15 is 0 Å². The Balaban J connectivity index is 2.10. The molecule has 0 atom stereocenters. The lowest BCUT2D eigenvalue weighted by Gasteiger charge is -2.07. The van der Waals surface area contributed by atoms with Gasteiger partial charge in [0.05, 0.1) is 13.2 Å². The second-order valence-corrected chi connectivity index (χ2v) is 4.57. The highest BCUT2D eigenvalue weighted by Crippen LogP contribution is 2.15. The van der Waals surface area contributed by atoms with E-state index in [1.165, 1.54) is 0 Å². The van der Waals surface area contributed by atoms with Gasteiger partial charge in [-0.05, 0) is 37.6 Å². The summed E-state index contributed by atoms with van der Waals surface area (Å²) in [5, 5.41) is 5.81. The van der Waals surface area contributed by atoms with Gasteiger partial charge in [-0.1, -0.05) is 11.6 Å². The molecule has 2 amide bonds. The molecule has 0 saturated heterocycles. The molecule has 0 unspecified atom stereocenters. The molecule has 0 bridgehead atoms. The number of ether oxygens (including phenoxy) is 1. The number of amides is 2. The molecule has 0 heterocycles. The van der Waals surface area contributed by atoms with Crippen molar-refractivity contribution in [1.29, 1.82) is 0 Å². The van der Waals surface area contributed by atoms with Gasteiger partial charge in [0.1, 0.15) is 5.75 Å². The first-order valence-electron chi connectivity index (χ1n) is 6.53. The SMILES string of the molecule is CCNC(=O)CNC(=O)CCCOc1ccc(Cl)cc1. The molecule has 0 aliphatic heterocycles. The predicted octanol–water partition coefficient (Wildman–Crippen LogP) is 1.75. The molecule has 110 valence electrons. The van der Waals surface area contributed by atoms with Crippen molar-refractivity contribution >= 4 is 23.4 Å². The van der Waals surface area contributed by atoms with Crippen LogP contribution in [0.4, 0.5) is 0 Å². The summed E-state index contributed by atoms with van der Waals surface area (Å²) in [5.41, 5.74) is 0. The minimum Gasteiger partial charge on any atom is -0.494 e. The van der Waals surface area contributed by atoms with Crippen molar-refractivity contribution in [1.82, 2.24) is 10.6 Å². The molecule has 1 aromatic rings. The Bertz CT molecular complexity index is 435. The van der Waals surface area contributed by atoms with Crippen LogP contribution in [0.3, 0.4) is 0 Å². The van der Waals surface area contributed by atoms with E-state index in [1.807, 2.05) is 6.92 Å². The number of carbonyl (C=O) groups excluding carboxylic acids is 2. The quantitative estimate of drug-likeness (QED) is 0.719. The molecule has 0 spiro atoms. The zero-order valence-corrected chi connectivity index (χ0v) is 12.2. The number of likely N-dealkylation sites (N-methyl/N-ethyl adjacent to an activating group) is 1. The summed E-state index contributed by atoms with van der Waals surface area (Å²) in [6, 6.07) is 7.04. The number of rotatable bonds is 8. The Morgan fingerprint density at radius 2 is 1.85 bits per heavy atom. The molecule has 6 heteroatoms. The number of benzene rings is 1. The van der Waals surface area contributed by atoms with Gasteiger partial charge in [0.15, 0.2) is 0 Å². The lowest BCUT2D eigenvalue weighted by molar-refractivity contribution is -0.126. The Labute approximate surface area is 123 Å². The van der Waals surface area contributed by atoms with Crippen LogP contribution in [0.15, 0.2) is 24.3 Å². The number of carbonyl (C=O) groups is 2. The largest absolute Gasteiger partial charge is 0.494 e. The van der Waals surface area contributed by atoms with Crippen LogP contribution in [0.5, 0.6) is 5.75 Å². The van der Waals surface area contributed by atoms with Crippen molar-refractivity contribution in [3.05, 3.63) is 29.3 Å². The molecule has 2 N–H and O–H groups in total. The fraction of sp³-hybridized carbons (Fsp3) is 0.429. The van der Waals surface area contributed by atoms with Crippen LogP contribution >= 0.6 is 11.6 Å². The fourth-order valence-corrected chi connectivity index (χ4v) is 1.61. The molecule has 5 nitrogen and oxygen atoms in total. The molecule has 0 saturated carbocycles. The van der Waals surface area contributed by atoms with Gasteiger partial charge in [-0.25, -0.2) is 0 Å². The zero-order chi connectivity index (χ0) is 14.8. The second kappa shape index (κ2) is 9.20. The molecule has 0 aliphatic carbocycles. The molecular weight excluding hydrogens is 280 g/mol. The summed E-state index contributed by atoms with van der Waals surface area (Å²) >= 11 is 5.76. The number of hydrogen-bond acceptors (Lipinski definition) is 3. The van der Waals surface area contributed by atoms with Crippen molar-refractivity contribution in [2.75, 3.05) is 19.7 Å². The van der Waals surface area contributed by atoms with Crippen molar-refractivity contribution in [2.45, 2.75) is 19.8 Å². The van der Waals surface area contributed by atoms with Crippen LogP contribution in [-0.2, 0) is 9.59 Å². The summed E-state index contributed by atoms with van der Waals surface area (Å²) in [7, 11) is 0. The normalized spacial score (nSPS) is 9.90. The van der Waals surface area contributed by atoms with E-state index in [1.54, 1.807) is 24.3 Å². The van der Waals surface area contributed by atoms with Gasteiger partial charge in [0, 0.05) is 18.0 Å². The summed E-state index contributed by atoms with van der Waals surface area (Å²) in [5.74, 6) is 0.381. The second-order valence-electron chi connectivity index (χ2n) is 4.14. The summed E-state index contributed by atoms with van der Waals surface area (Å²) in [6.45, 7) is 2.85. The van der Waals surface area contributed by atoms with E-state index in [4.69, 9.17) is 16.3 Å². The van der Waals surface area contributed by atoms with Crippen LogP contribution in [-0.4, -0.2) is 31.5 Å². The Kier molecular flexibility index (Phi) is 7.50. The van der Waals surface area contributed by atoms with E-state index in [0.717, 1.165) is 5.75 Å². The van der Waals surface area contributed by atoms with Gasteiger partial charge >= 0.3 is 0 Å². The standard InChI is InChI=1S/C14H19ClN2O3/c1-2-16-14(19)10-17-13(18)4-3-9-20-12-7-5-11(15)6-8-12/h5-8H,2-4,9-10H2,1H3,(H,16,19)(H,17,18). The third-order valence-corrected chi connectivity index (χ3v) is 2.70. The smallest absolute Gasteiger partial charge is 0.239 e. The number of nitrogens with one attached hydrogen (secondary N) is 2. The van der Waals surface area contributed by atoms with Crippen molar-refractivity contribution in [3.63, 3.8) is 0 Å². The molecule has 1 rings (SSSR count).